The van der Waals surface area contributed by atoms with Crippen LogP contribution in [0.5, 0.6) is 0 Å². The fraction of sp³-hybridized carbons (Fsp3) is 0.357. The van der Waals surface area contributed by atoms with Crippen LogP contribution in [0.2, 0.25) is 0 Å². The zero-order chi connectivity index (χ0) is 13.0. The first kappa shape index (κ1) is 12.6. The van der Waals surface area contributed by atoms with Gasteiger partial charge in [0.05, 0.1) is 11.4 Å². The molecule has 1 unspecified atom stereocenters. The minimum atomic E-state index is 0.251. The van der Waals surface area contributed by atoms with Gasteiger partial charge in [-0.3, -0.25) is 4.98 Å². The monoisotopic (exact) mass is 242 g/mol. The summed E-state index contributed by atoms with van der Waals surface area (Å²) in [6.45, 7) is 3.97. The van der Waals surface area contributed by atoms with E-state index in [9.17, 15) is 0 Å². The van der Waals surface area contributed by atoms with Gasteiger partial charge in [-0.2, -0.15) is 10.2 Å². The highest BCUT2D eigenvalue weighted by molar-refractivity contribution is 5.26. The molecule has 2 heterocycles. The highest BCUT2D eigenvalue weighted by Crippen LogP contribution is 2.20. The van der Waals surface area contributed by atoms with Gasteiger partial charge >= 0.3 is 0 Å². The van der Waals surface area contributed by atoms with Crippen molar-refractivity contribution < 1.29 is 0 Å². The van der Waals surface area contributed by atoms with Crippen LogP contribution in [-0.4, -0.2) is 22.2 Å². The van der Waals surface area contributed by atoms with Crippen molar-refractivity contribution in [1.82, 2.24) is 20.5 Å². The molecule has 0 spiro atoms. The summed E-state index contributed by atoms with van der Waals surface area (Å²) in [6, 6.07) is 6.44. The molecule has 4 nitrogen and oxygen atoms in total. The van der Waals surface area contributed by atoms with Crippen LogP contribution in [0, 0.1) is 13.8 Å². The van der Waals surface area contributed by atoms with Gasteiger partial charge in [0.2, 0.25) is 0 Å². The lowest BCUT2D eigenvalue weighted by molar-refractivity contribution is 0.582. The Bertz CT molecular complexity index is 510. The molecule has 2 rings (SSSR count). The summed E-state index contributed by atoms with van der Waals surface area (Å²) in [7, 11) is 1.97. The van der Waals surface area contributed by atoms with Crippen LogP contribution < -0.4 is 5.32 Å². The normalized spacial score (nSPS) is 12.4. The fourth-order valence-corrected chi connectivity index (χ4v) is 2.04. The second kappa shape index (κ2) is 5.69. The van der Waals surface area contributed by atoms with Crippen molar-refractivity contribution in [1.29, 1.82) is 0 Å². The number of hydrogen-bond acceptors (Lipinski definition) is 4. The Morgan fingerprint density at radius 2 is 1.89 bits per heavy atom. The summed E-state index contributed by atoms with van der Waals surface area (Å²) in [4.78, 5) is 4.04. The van der Waals surface area contributed by atoms with E-state index in [0.29, 0.717) is 0 Å². The van der Waals surface area contributed by atoms with Crippen molar-refractivity contribution in [2.24, 2.45) is 0 Å². The number of pyridine rings is 1. The lowest BCUT2D eigenvalue weighted by Gasteiger charge is -2.18. The second-order valence-corrected chi connectivity index (χ2v) is 4.43. The SMILES string of the molecule is CNC(Cc1ccncc1)c1cc(C)nnc1C. The number of hydrogen-bond donors (Lipinski definition) is 1. The van der Waals surface area contributed by atoms with E-state index < -0.39 is 0 Å². The average molecular weight is 242 g/mol. The van der Waals surface area contributed by atoms with Crippen molar-refractivity contribution in [3.63, 3.8) is 0 Å². The Labute approximate surface area is 107 Å². The van der Waals surface area contributed by atoms with Crippen LogP contribution in [0.15, 0.2) is 30.6 Å². The van der Waals surface area contributed by atoms with Gasteiger partial charge in [0, 0.05) is 18.4 Å². The third-order valence-corrected chi connectivity index (χ3v) is 3.05. The molecular weight excluding hydrogens is 224 g/mol. The van der Waals surface area contributed by atoms with Gasteiger partial charge in [-0.1, -0.05) is 0 Å². The van der Waals surface area contributed by atoms with Crippen molar-refractivity contribution in [3.8, 4) is 0 Å². The lowest BCUT2D eigenvalue weighted by atomic mass is 9.98. The molecule has 0 fully saturated rings. The summed E-state index contributed by atoms with van der Waals surface area (Å²) in [5.74, 6) is 0. The van der Waals surface area contributed by atoms with E-state index >= 15 is 0 Å². The Hall–Kier alpha value is -1.81. The summed E-state index contributed by atoms with van der Waals surface area (Å²) >= 11 is 0. The van der Waals surface area contributed by atoms with Gasteiger partial charge in [-0.15, -0.1) is 0 Å². The minimum absolute atomic E-state index is 0.251. The number of aromatic nitrogens is 3. The predicted octanol–water partition coefficient (Wildman–Crippen LogP) is 1.99. The first-order valence-corrected chi connectivity index (χ1v) is 6.07. The molecule has 0 amide bonds. The number of likely N-dealkylation sites (N-methyl/N-ethyl adjacent to an activating group) is 1. The highest BCUT2D eigenvalue weighted by atomic mass is 15.1. The zero-order valence-electron chi connectivity index (χ0n) is 11.0. The van der Waals surface area contributed by atoms with Gasteiger partial charge in [0.15, 0.2) is 0 Å². The molecule has 1 atom stereocenters. The van der Waals surface area contributed by atoms with Crippen LogP contribution in [0.3, 0.4) is 0 Å². The lowest BCUT2D eigenvalue weighted by Crippen LogP contribution is -2.20. The van der Waals surface area contributed by atoms with Gasteiger partial charge in [0.25, 0.3) is 0 Å². The quantitative estimate of drug-likeness (QED) is 0.891. The van der Waals surface area contributed by atoms with Crippen LogP contribution in [-0.2, 0) is 6.42 Å². The summed E-state index contributed by atoms with van der Waals surface area (Å²) < 4.78 is 0. The molecule has 0 aromatic carbocycles. The maximum atomic E-state index is 4.19. The van der Waals surface area contributed by atoms with E-state index in [1.165, 1.54) is 11.1 Å². The Balaban J connectivity index is 2.26. The third-order valence-electron chi connectivity index (χ3n) is 3.05. The van der Waals surface area contributed by atoms with E-state index in [0.717, 1.165) is 17.8 Å². The fourth-order valence-electron chi connectivity index (χ4n) is 2.04. The number of aryl methyl sites for hydroxylation is 2. The minimum Gasteiger partial charge on any atom is -0.313 e. The maximum Gasteiger partial charge on any atom is 0.0648 e. The van der Waals surface area contributed by atoms with Gasteiger partial charge in [-0.05, 0) is 56.6 Å². The summed E-state index contributed by atoms with van der Waals surface area (Å²) in [6.07, 6.45) is 4.57. The topological polar surface area (TPSA) is 50.7 Å². The summed E-state index contributed by atoms with van der Waals surface area (Å²) in [5, 5.41) is 11.6. The first-order chi connectivity index (χ1) is 8.70. The molecule has 2 aromatic rings. The Morgan fingerprint density at radius 3 is 2.56 bits per heavy atom. The van der Waals surface area contributed by atoms with E-state index in [2.05, 4.69) is 26.6 Å². The molecule has 1 N–H and O–H groups in total. The van der Waals surface area contributed by atoms with E-state index in [4.69, 9.17) is 0 Å². The molecule has 94 valence electrons. The molecule has 0 saturated carbocycles. The molecule has 0 radical (unpaired) electrons. The van der Waals surface area contributed by atoms with E-state index in [1.807, 2.05) is 45.4 Å². The first-order valence-electron chi connectivity index (χ1n) is 6.07. The largest absolute Gasteiger partial charge is 0.313 e. The van der Waals surface area contributed by atoms with Crippen LogP contribution in [0.1, 0.15) is 28.6 Å². The van der Waals surface area contributed by atoms with E-state index in [-0.39, 0.29) is 6.04 Å². The number of nitrogens with zero attached hydrogens (tertiary/aromatic N) is 3. The predicted molar refractivity (Wildman–Crippen MR) is 71.2 cm³/mol. The van der Waals surface area contributed by atoms with Crippen LogP contribution >= 0.6 is 0 Å². The Morgan fingerprint density at radius 1 is 1.17 bits per heavy atom. The number of rotatable bonds is 4. The molecule has 0 aliphatic carbocycles. The van der Waals surface area contributed by atoms with Crippen molar-refractivity contribution in [3.05, 3.63) is 53.1 Å². The molecule has 0 saturated heterocycles. The molecule has 0 bridgehead atoms. The molecule has 0 aliphatic rings. The van der Waals surface area contributed by atoms with Crippen LogP contribution in [0.4, 0.5) is 0 Å². The molecular formula is C14H18N4. The average Bonchev–Trinajstić information content (AvgIpc) is 2.40. The van der Waals surface area contributed by atoms with Gasteiger partial charge in [0.1, 0.15) is 0 Å². The van der Waals surface area contributed by atoms with Crippen molar-refractivity contribution in [2.75, 3.05) is 7.05 Å². The second-order valence-electron chi connectivity index (χ2n) is 4.43. The third kappa shape index (κ3) is 2.90. The molecule has 0 aliphatic heterocycles. The highest BCUT2D eigenvalue weighted by Gasteiger charge is 2.14. The zero-order valence-corrected chi connectivity index (χ0v) is 11.0. The standard InChI is InChI=1S/C14H18N4/c1-10-8-13(11(2)18-17-10)14(15-3)9-12-4-6-16-7-5-12/h4-8,14-15H,9H2,1-3H3. The van der Waals surface area contributed by atoms with Gasteiger partial charge in [-0.25, -0.2) is 0 Å². The number of nitrogens with one attached hydrogen (secondary N) is 1. The summed E-state index contributed by atoms with van der Waals surface area (Å²) in [5.41, 5.74) is 4.40. The molecule has 2 aromatic heterocycles. The van der Waals surface area contributed by atoms with Crippen molar-refractivity contribution >= 4 is 0 Å². The maximum absolute atomic E-state index is 4.19. The van der Waals surface area contributed by atoms with Crippen LogP contribution in [0.25, 0.3) is 0 Å². The smallest absolute Gasteiger partial charge is 0.0648 e. The molecule has 18 heavy (non-hydrogen) atoms. The van der Waals surface area contributed by atoms with Crippen molar-refractivity contribution in [2.45, 2.75) is 26.3 Å². The molecule has 4 heteroatoms. The van der Waals surface area contributed by atoms with Gasteiger partial charge < -0.3 is 5.32 Å². The Kier molecular flexibility index (Phi) is 3.99. The van der Waals surface area contributed by atoms with E-state index in [1.54, 1.807) is 0 Å².